The minimum absolute atomic E-state index is 0.206. The minimum Gasteiger partial charge on any atom is -0.497 e. The highest BCUT2D eigenvalue weighted by Gasteiger charge is 2.39. The summed E-state index contributed by atoms with van der Waals surface area (Å²) in [4.78, 5) is 8.89. The number of rotatable bonds is 5. The molecule has 1 aliphatic rings. The average Bonchev–Trinajstić information content (AvgIpc) is 3.20. The van der Waals surface area contributed by atoms with Crippen molar-refractivity contribution in [2.24, 2.45) is 4.99 Å². The third kappa shape index (κ3) is 4.26. The zero-order chi connectivity index (χ0) is 22.2. The van der Waals surface area contributed by atoms with Crippen molar-refractivity contribution in [1.82, 2.24) is 9.29 Å². The van der Waals surface area contributed by atoms with Gasteiger partial charge >= 0.3 is 0 Å². The number of sulfonamides is 1. The lowest BCUT2D eigenvalue weighted by Crippen LogP contribution is -2.43. The summed E-state index contributed by atoms with van der Waals surface area (Å²) in [6.07, 6.45) is 1.22. The van der Waals surface area contributed by atoms with Gasteiger partial charge in [0.2, 0.25) is 10.0 Å². The van der Waals surface area contributed by atoms with Crippen molar-refractivity contribution < 1.29 is 17.5 Å². The Hall–Kier alpha value is -2.98. The summed E-state index contributed by atoms with van der Waals surface area (Å²) in [5.41, 5.74) is 1.33. The second-order valence-corrected chi connectivity index (χ2v) is 10.3. The molecule has 0 saturated heterocycles. The molecule has 0 bridgehead atoms. The molecule has 0 fully saturated rings. The monoisotopic (exact) mass is 460 g/mol. The number of hydrogen-bond donors (Lipinski definition) is 1. The molecule has 2 heterocycles. The van der Waals surface area contributed by atoms with Crippen molar-refractivity contribution in [2.45, 2.75) is 12.5 Å². The van der Waals surface area contributed by atoms with Gasteiger partial charge in [-0.3, -0.25) is 9.30 Å². The van der Waals surface area contributed by atoms with E-state index in [1.165, 1.54) is 30.8 Å². The van der Waals surface area contributed by atoms with Crippen molar-refractivity contribution in [3.8, 4) is 17.0 Å². The van der Waals surface area contributed by atoms with Gasteiger partial charge in [0, 0.05) is 29.2 Å². The number of aliphatic imine (C=N–C) groups is 1. The number of nitrogens with zero attached hydrogens (tertiary/aromatic N) is 3. The number of nitrogens with one attached hydrogen (secondary N) is 1. The highest BCUT2D eigenvalue weighted by Crippen LogP contribution is 2.35. The number of methoxy groups -OCH3 is 1. The second kappa shape index (κ2) is 7.93. The molecule has 31 heavy (non-hydrogen) atoms. The smallest absolute Gasteiger partial charge is 0.238 e. The fourth-order valence-corrected chi connectivity index (χ4v) is 5.36. The Balaban J connectivity index is 1.60. The van der Waals surface area contributed by atoms with Crippen LogP contribution in [0.5, 0.6) is 5.75 Å². The van der Waals surface area contributed by atoms with E-state index in [9.17, 15) is 12.8 Å². The van der Waals surface area contributed by atoms with E-state index in [1.54, 1.807) is 26.2 Å². The Morgan fingerprint density at radius 3 is 2.65 bits per heavy atom. The first-order chi connectivity index (χ1) is 14.7. The molecular weight excluding hydrogens is 439 g/mol. The predicted octanol–water partition coefficient (Wildman–Crippen LogP) is 4.22. The summed E-state index contributed by atoms with van der Waals surface area (Å²) >= 11 is 1.41. The largest absolute Gasteiger partial charge is 0.497 e. The van der Waals surface area contributed by atoms with Crippen molar-refractivity contribution in [1.29, 1.82) is 0 Å². The summed E-state index contributed by atoms with van der Waals surface area (Å²) in [5, 5.41) is 5.73. The maximum atomic E-state index is 14.6. The van der Waals surface area contributed by atoms with Gasteiger partial charge in [0.1, 0.15) is 17.1 Å². The van der Waals surface area contributed by atoms with Crippen LogP contribution in [0.4, 0.5) is 15.2 Å². The molecule has 1 aromatic heterocycles. The number of ether oxygens (including phenoxy) is 1. The molecule has 2 aromatic carbocycles. The van der Waals surface area contributed by atoms with Gasteiger partial charge in [0.25, 0.3) is 0 Å². The van der Waals surface area contributed by atoms with Crippen LogP contribution >= 0.6 is 11.3 Å². The number of benzene rings is 2. The molecule has 7 nitrogen and oxygen atoms in total. The van der Waals surface area contributed by atoms with Crippen LogP contribution in [0.25, 0.3) is 11.3 Å². The SMILES string of the molecule is COc1ccc(-c2csc(Nc3ccc(F)c(C4(C)CS(=O)(=O)N(C)C=N4)c3)n2)cc1. The molecular formula is C21H21FN4O3S2. The van der Waals surface area contributed by atoms with Gasteiger partial charge in [-0.2, -0.15) is 0 Å². The van der Waals surface area contributed by atoms with Crippen molar-refractivity contribution >= 4 is 38.5 Å². The van der Waals surface area contributed by atoms with Crippen LogP contribution in [0, 0.1) is 5.82 Å². The Morgan fingerprint density at radius 2 is 1.97 bits per heavy atom. The predicted molar refractivity (Wildman–Crippen MR) is 121 cm³/mol. The molecule has 162 valence electrons. The van der Waals surface area contributed by atoms with E-state index in [-0.39, 0.29) is 11.3 Å². The zero-order valence-corrected chi connectivity index (χ0v) is 18.8. The third-order valence-corrected chi connectivity index (χ3v) is 7.75. The third-order valence-electron chi connectivity index (χ3n) is 5.10. The van der Waals surface area contributed by atoms with Gasteiger partial charge < -0.3 is 10.1 Å². The number of hydrogen-bond acceptors (Lipinski definition) is 7. The molecule has 0 amide bonds. The summed E-state index contributed by atoms with van der Waals surface area (Å²) in [6, 6.07) is 12.1. The number of aromatic nitrogens is 1. The van der Waals surface area contributed by atoms with E-state index in [0.29, 0.717) is 10.8 Å². The van der Waals surface area contributed by atoms with Gasteiger partial charge in [-0.1, -0.05) is 0 Å². The standard InChI is InChI=1S/C21H21FN4O3S2/c1-21(12-31(27,28)26(2)13-23-21)17-10-15(6-9-18(17)22)24-20-25-19(11-30-20)14-4-7-16(29-3)8-5-14/h4-11,13H,12H2,1-3H3,(H,24,25). The first-order valence-corrected chi connectivity index (χ1v) is 11.9. The van der Waals surface area contributed by atoms with Crippen molar-refractivity contribution in [3.63, 3.8) is 0 Å². The maximum Gasteiger partial charge on any atom is 0.238 e. The quantitative estimate of drug-likeness (QED) is 0.616. The summed E-state index contributed by atoms with van der Waals surface area (Å²) in [5.74, 6) is -0.0575. The van der Waals surface area contributed by atoms with Gasteiger partial charge in [0.15, 0.2) is 5.13 Å². The topological polar surface area (TPSA) is 83.9 Å². The first-order valence-electron chi connectivity index (χ1n) is 9.38. The zero-order valence-electron chi connectivity index (χ0n) is 17.2. The molecule has 4 rings (SSSR count). The molecule has 0 aliphatic carbocycles. The van der Waals surface area contributed by atoms with Crippen LogP contribution in [0.2, 0.25) is 0 Å². The highest BCUT2D eigenvalue weighted by atomic mass is 32.2. The maximum absolute atomic E-state index is 14.6. The first kappa shape index (κ1) is 21.3. The minimum atomic E-state index is -3.56. The van der Waals surface area contributed by atoms with E-state index in [4.69, 9.17) is 4.74 Å². The number of halogens is 1. The lowest BCUT2D eigenvalue weighted by molar-refractivity contribution is 0.415. The van der Waals surface area contributed by atoms with Crippen LogP contribution < -0.4 is 10.1 Å². The molecule has 3 aromatic rings. The summed E-state index contributed by atoms with van der Waals surface area (Å²) in [7, 11) is -0.533. The Bertz CT molecular complexity index is 1240. The molecule has 0 radical (unpaired) electrons. The van der Waals surface area contributed by atoms with Crippen molar-refractivity contribution in [3.05, 3.63) is 59.2 Å². The fraction of sp³-hybridized carbons (Fsp3) is 0.238. The Labute approximate surface area is 184 Å². The van der Waals surface area contributed by atoms with E-state index in [2.05, 4.69) is 15.3 Å². The highest BCUT2D eigenvalue weighted by molar-refractivity contribution is 7.89. The normalized spacial score (nSPS) is 19.9. The fourth-order valence-electron chi connectivity index (χ4n) is 3.29. The molecule has 1 aliphatic heterocycles. The van der Waals surface area contributed by atoms with E-state index in [0.717, 1.165) is 21.3 Å². The van der Waals surface area contributed by atoms with Gasteiger partial charge in [0.05, 0.1) is 24.9 Å². The van der Waals surface area contributed by atoms with Gasteiger partial charge in [-0.25, -0.2) is 17.8 Å². The van der Waals surface area contributed by atoms with E-state index >= 15 is 0 Å². The molecule has 10 heteroatoms. The molecule has 0 spiro atoms. The molecule has 0 saturated carbocycles. The van der Waals surface area contributed by atoms with Crippen LogP contribution in [-0.2, 0) is 15.6 Å². The van der Waals surface area contributed by atoms with Crippen LogP contribution in [0.1, 0.15) is 12.5 Å². The van der Waals surface area contributed by atoms with E-state index in [1.807, 2.05) is 29.6 Å². The van der Waals surface area contributed by atoms with Crippen LogP contribution in [-0.4, -0.2) is 44.0 Å². The Kier molecular flexibility index (Phi) is 5.44. The Morgan fingerprint density at radius 1 is 1.23 bits per heavy atom. The van der Waals surface area contributed by atoms with Gasteiger partial charge in [-0.15, -0.1) is 11.3 Å². The molecule has 1 atom stereocenters. The van der Waals surface area contributed by atoms with Crippen LogP contribution in [0.3, 0.4) is 0 Å². The second-order valence-electron chi connectivity index (χ2n) is 7.38. The molecule has 1 unspecified atom stereocenters. The molecule has 1 N–H and O–H groups in total. The van der Waals surface area contributed by atoms with Gasteiger partial charge in [-0.05, 0) is 49.4 Å². The van der Waals surface area contributed by atoms with E-state index < -0.39 is 21.4 Å². The lowest BCUT2D eigenvalue weighted by atomic mass is 9.93. The summed E-state index contributed by atoms with van der Waals surface area (Å²) in [6.45, 7) is 1.61. The lowest BCUT2D eigenvalue weighted by Gasteiger charge is -2.32. The average molecular weight is 461 g/mol. The number of thiazole rings is 1. The number of anilines is 2. The van der Waals surface area contributed by atoms with Crippen LogP contribution in [0.15, 0.2) is 52.8 Å². The summed E-state index contributed by atoms with van der Waals surface area (Å²) < 4.78 is 45.5. The van der Waals surface area contributed by atoms with Crippen molar-refractivity contribution in [2.75, 3.05) is 25.2 Å².